The standard InChI is InChI=1S/C14H21N3O5S/c1-10-4-5-12(22-10)11-9-21-7-6-17(11)14(19)15-8-13(18)16-23(2,3)20/h4-5,11H,6-9H2,1-3H3,(H,15,19)/t11-/m0/s1. The van der Waals surface area contributed by atoms with E-state index in [1.165, 1.54) is 12.5 Å². The number of furan rings is 1. The number of hydrogen-bond acceptors (Lipinski definition) is 5. The Hall–Kier alpha value is -1.87. The molecule has 9 heteroatoms. The number of aryl methyl sites for hydroxylation is 1. The van der Waals surface area contributed by atoms with Gasteiger partial charge in [0.2, 0.25) is 0 Å². The van der Waals surface area contributed by atoms with E-state index in [4.69, 9.17) is 9.15 Å². The van der Waals surface area contributed by atoms with Crippen LogP contribution in [0.5, 0.6) is 0 Å². The lowest BCUT2D eigenvalue weighted by atomic mass is 10.2. The van der Waals surface area contributed by atoms with Crippen molar-refractivity contribution in [2.24, 2.45) is 4.36 Å². The van der Waals surface area contributed by atoms with Gasteiger partial charge in [-0.25, -0.2) is 9.00 Å². The van der Waals surface area contributed by atoms with Crippen LogP contribution in [0.3, 0.4) is 0 Å². The molecule has 8 nitrogen and oxygen atoms in total. The molecule has 1 aromatic heterocycles. The molecule has 0 unspecified atom stereocenters. The van der Waals surface area contributed by atoms with Crippen molar-refractivity contribution in [2.75, 3.05) is 38.8 Å². The maximum absolute atomic E-state index is 12.3. The van der Waals surface area contributed by atoms with Crippen LogP contribution in [0.25, 0.3) is 0 Å². The summed E-state index contributed by atoms with van der Waals surface area (Å²) in [7, 11) is -2.52. The molecule has 2 rings (SSSR count). The number of nitrogens with zero attached hydrogens (tertiary/aromatic N) is 2. The van der Waals surface area contributed by atoms with E-state index in [1.807, 2.05) is 13.0 Å². The van der Waals surface area contributed by atoms with Gasteiger partial charge in [-0.3, -0.25) is 4.79 Å². The van der Waals surface area contributed by atoms with Gasteiger partial charge in [0, 0.05) is 28.8 Å². The van der Waals surface area contributed by atoms with Gasteiger partial charge in [-0.15, -0.1) is 0 Å². The van der Waals surface area contributed by atoms with Crippen molar-refractivity contribution >= 4 is 21.7 Å². The molecule has 2 heterocycles. The smallest absolute Gasteiger partial charge is 0.318 e. The zero-order valence-corrected chi connectivity index (χ0v) is 14.2. The third-order valence-corrected chi connectivity index (χ3v) is 3.83. The minimum atomic E-state index is -2.52. The van der Waals surface area contributed by atoms with Gasteiger partial charge in [-0.1, -0.05) is 0 Å². The maximum Gasteiger partial charge on any atom is 0.318 e. The molecule has 1 aromatic rings. The van der Waals surface area contributed by atoms with Crippen LogP contribution in [-0.2, 0) is 19.3 Å². The highest BCUT2D eigenvalue weighted by atomic mass is 32.2. The molecule has 1 saturated heterocycles. The second kappa shape index (κ2) is 7.14. The second-order valence-electron chi connectivity index (χ2n) is 5.56. The summed E-state index contributed by atoms with van der Waals surface area (Å²) < 4.78 is 25.9. The van der Waals surface area contributed by atoms with Gasteiger partial charge in [0.15, 0.2) is 0 Å². The molecule has 0 saturated carbocycles. The Morgan fingerprint density at radius 1 is 1.43 bits per heavy atom. The van der Waals surface area contributed by atoms with Crippen molar-refractivity contribution in [1.82, 2.24) is 10.2 Å². The Labute approximate surface area is 135 Å². The van der Waals surface area contributed by atoms with Gasteiger partial charge in [-0.05, 0) is 19.1 Å². The average molecular weight is 343 g/mol. The summed E-state index contributed by atoms with van der Waals surface area (Å²) in [5.74, 6) is 0.770. The molecule has 1 fully saturated rings. The summed E-state index contributed by atoms with van der Waals surface area (Å²) in [6.45, 7) is 2.67. The summed E-state index contributed by atoms with van der Waals surface area (Å²) in [5.41, 5.74) is 0. The quantitative estimate of drug-likeness (QED) is 0.879. The first-order valence-electron chi connectivity index (χ1n) is 7.15. The number of rotatable bonds is 3. The Morgan fingerprint density at radius 2 is 2.17 bits per heavy atom. The van der Waals surface area contributed by atoms with E-state index in [0.29, 0.717) is 25.5 Å². The minimum Gasteiger partial charge on any atom is -0.464 e. The fourth-order valence-electron chi connectivity index (χ4n) is 2.25. The number of amides is 3. The monoisotopic (exact) mass is 343 g/mol. The number of urea groups is 1. The first-order valence-corrected chi connectivity index (χ1v) is 9.48. The molecule has 23 heavy (non-hydrogen) atoms. The predicted octanol–water partition coefficient (Wildman–Crippen LogP) is 0.925. The van der Waals surface area contributed by atoms with E-state index >= 15 is 0 Å². The van der Waals surface area contributed by atoms with Gasteiger partial charge >= 0.3 is 6.03 Å². The highest BCUT2D eigenvalue weighted by Gasteiger charge is 2.30. The van der Waals surface area contributed by atoms with Crippen molar-refractivity contribution in [3.63, 3.8) is 0 Å². The van der Waals surface area contributed by atoms with Crippen molar-refractivity contribution in [2.45, 2.75) is 13.0 Å². The fraction of sp³-hybridized carbons (Fsp3) is 0.571. The van der Waals surface area contributed by atoms with E-state index in [0.717, 1.165) is 5.76 Å². The molecule has 128 valence electrons. The van der Waals surface area contributed by atoms with Crippen LogP contribution >= 0.6 is 0 Å². The molecule has 1 aliphatic heterocycles. The van der Waals surface area contributed by atoms with E-state index in [2.05, 4.69) is 9.68 Å². The largest absolute Gasteiger partial charge is 0.464 e. The fourth-order valence-corrected chi connectivity index (χ4v) is 2.80. The van der Waals surface area contributed by atoms with Crippen LogP contribution in [0.15, 0.2) is 20.9 Å². The van der Waals surface area contributed by atoms with Gasteiger partial charge in [-0.2, -0.15) is 4.36 Å². The molecular formula is C14H21N3O5S. The van der Waals surface area contributed by atoms with Crippen LogP contribution in [0.1, 0.15) is 17.6 Å². The zero-order valence-electron chi connectivity index (χ0n) is 13.4. The summed E-state index contributed by atoms with van der Waals surface area (Å²) in [6, 6.07) is 2.88. The Morgan fingerprint density at radius 3 is 2.78 bits per heavy atom. The first-order chi connectivity index (χ1) is 10.8. The molecule has 0 aromatic carbocycles. The number of carbonyl (C=O) groups excluding carboxylic acids is 2. The first kappa shape index (κ1) is 17.5. The molecule has 0 bridgehead atoms. The van der Waals surface area contributed by atoms with Crippen LogP contribution in [0.4, 0.5) is 4.79 Å². The van der Waals surface area contributed by atoms with Gasteiger partial charge in [0.1, 0.15) is 24.1 Å². The second-order valence-corrected chi connectivity index (χ2v) is 8.10. The molecule has 0 radical (unpaired) electrons. The van der Waals surface area contributed by atoms with Gasteiger partial charge in [0.05, 0.1) is 13.2 Å². The van der Waals surface area contributed by atoms with Crippen molar-refractivity contribution in [3.8, 4) is 0 Å². The van der Waals surface area contributed by atoms with E-state index < -0.39 is 21.7 Å². The maximum atomic E-state index is 12.3. The minimum absolute atomic E-state index is 0.293. The van der Waals surface area contributed by atoms with Crippen molar-refractivity contribution < 1.29 is 23.0 Å². The number of carbonyl (C=O) groups is 2. The van der Waals surface area contributed by atoms with Crippen LogP contribution in [0, 0.1) is 6.92 Å². The summed E-state index contributed by atoms with van der Waals surface area (Å²) >= 11 is 0. The van der Waals surface area contributed by atoms with E-state index in [1.54, 1.807) is 11.0 Å². The molecule has 0 spiro atoms. The molecular weight excluding hydrogens is 322 g/mol. The molecule has 3 amide bonds. The Kier molecular flexibility index (Phi) is 5.42. The average Bonchev–Trinajstić information content (AvgIpc) is 2.89. The van der Waals surface area contributed by atoms with Gasteiger partial charge in [0.25, 0.3) is 5.91 Å². The van der Waals surface area contributed by atoms with Crippen LogP contribution in [-0.4, -0.2) is 59.9 Å². The third-order valence-electron chi connectivity index (χ3n) is 3.19. The van der Waals surface area contributed by atoms with Crippen molar-refractivity contribution in [3.05, 3.63) is 23.7 Å². The number of morpholine rings is 1. The van der Waals surface area contributed by atoms with Crippen LogP contribution < -0.4 is 5.32 Å². The SMILES string of the molecule is Cc1ccc([C@@H]2COCCN2C(=O)NCC(=O)N=S(C)(C)=O)o1. The highest BCUT2D eigenvalue weighted by molar-refractivity contribution is 7.92. The third kappa shape index (κ3) is 5.07. The van der Waals surface area contributed by atoms with Crippen LogP contribution in [0.2, 0.25) is 0 Å². The molecule has 1 aliphatic rings. The lowest BCUT2D eigenvalue weighted by Gasteiger charge is -2.34. The normalized spacial score (nSPS) is 18.6. The highest BCUT2D eigenvalue weighted by Crippen LogP contribution is 2.25. The number of nitrogens with one attached hydrogen (secondary N) is 1. The van der Waals surface area contributed by atoms with Crippen molar-refractivity contribution in [1.29, 1.82) is 0 Å². The van der Waals surface area contributed by atoms with E-state index in [-0.39, 0.29) is 12.6 Å². The predicted molar refractivity (Wildman–Crippen MR) is 84.5 cm³/mol. The lowest BCUT2D eigenvalue weighted by Crippen LogP contribution is -2.48. The summed E-state index contributed by atoms with van der Waals surface area (Å²) in [5, 5.41) is 2.50. The molecule has 0 aliphatic carbocycles. The van der Waals surface area contributed by atoms with E-state index in [9.17, 15) is 13.8 Å². The summed E-state index contributed by atoms with van der Waals surface area (Å²) in [4.78, 5) is 25.4. The zero-order chi connectivity index (χ0) is 17.0. The number of ether oxygens (including phenoxy) is 1. The number of hydrogen-bond donors (Lipinski definition) is 1. The van der Waals surface area contributed by atoms with Gasteiger partial charge < -0.3 is 19.4 Å². The molecule has 1 N–H and O–H groups in total. The molecule has 1 atom stereocenters. The topological polar surface area (TPSA) is 101 Å². The Balaban J connectivity index is 2.01. The summed E-state index contributed by atoms with van der Waals surface area (Å²) in [6.07, 6.45) is 2.73. The lowest BCUT2D eigenvalue weighted by molar-refractivity contribution is -0.116. The Bertz CT molecular complexity index is 697.